The fourth-order valence-electron chi connectivity index (χ4n) is 6.87. The summed E-state index contributed by atoms with van der Waals surface area (Å²) >= 11 is 0. The zero-order valence-corrected chi connectivity index (χ0v) is 22.1. The van der Waals surface area contributed by atoms with E-state index in [2.05, 4.69) is 26.0 Å². The third kappa shape index (κ3) is 9.77. The van der Waals surface area contributed by atoms with Gasteiger partial charge in [0.1, 0.15) is 6.10 Å². The van der Waals surface area contributed by atoms with Gasteiger partial charge in [0.25, 0.3) is 0 Å². The summed E-state index contributed by atoms with van der Waals surface area (Å²) in [5.41, 5.74) is 0. The quantitative estimate of drug-likeness (QED) is 0.165. The van der Waals surface area contributed by atoms with Crippen molar-refractivity contribution in [3.63, 3.8) is 0 Å². The SMILES string of the molecule is CCCCCC1CCC(OC(=O)C2CCC(/C=C/CCC3CCC(CCC)CC3)CC2)CC1. The molecule has 0 aliphatic heterocycles. The van der Waals surface area contributed by atoms with Gasteiger partial charge in [0.2, 0.25) is 0 Å². The van der Waals surface area contributed by atoms with Crippen molar-refractivity contribution < 1.29 is 9.53 Å². The van der Waals surface area contributed by atoms with E-state index in [0.717, 1.165) is 43.4 Å². The minimum Gasteiger partial charge on any atom is -0.462 e. The highest BCUT2D eigenvalue weighted by Gasteiger charge is 2.30. The minimum absolute atomic E-state index is 0.116. The molecule has 0 saturated heterocycles. The number of unbranched alkanes of at least 4 members (excludes halogenated alkanes) is 2. The van der Waals surface area contributed by atoms with Crippen LogP contribution in [-0.4, -0.2) is 12.1 Å². The Labute approximate surface area is 205 Å². The molecule has 0 N–H and O–H groups in total. The number of allylic oxidation sites excluding steroid dienone is 2. The maximum atomic E-state index is 12.7. The maximum Gasteiger partial charge on any atom is 0.309 e. The Morgan fingerprint density at radius 1 is 0.697 bits per heavy atom. The molecule has 33 heavy (non-hydrogen) atoms. The normalized spacial score (nSPS) is 33.3. The molecule has 0 aromatic rings. The number of rotatable bonds is 12. The summed E-state index contributed by atoms with van der Waals surface area (Å²) in [7, 11) is 0. The van der Waals surface area contributed by atoms with Crippen LogP contribution in [0.25, 0.3) is 0 Å². The summed E-state index contributed by atoms with van der Waals surface area (Å²) in [4.78, 5) is 12.7. The second kappa shape index (κ2) is 15.3. The number of carbonyl (C=O) groups is 1. The van der Waals surface area contributed by atoms with Gasteiger partial charge in [-0.3, -0.25) is 4.79 Å². The summed E-state index contributed by atoms with van der Waals surface area (Å²) in [6.45, 7) is 4.61. The van der Waals surface area contributed by atoms with Gasteiger partial charge in [-0.05, 0) is 87.9 Å². The molecule has 0 heterocycles. The first-order valence-corrected chi connectivity index (χ1v) is 15.0. The highest BCUT2D eigenvalue weighted by Crippen LogP contribution is 2.35. The van der Waals surface area contributed by atoms with E-state index in [0.29, 0.717) is 5.92 Å². The lowest BCUT2D eigenvalue weighted by Gasteiger charge is -2.31. The lowest BCUT2D eigenvalue weighted by atomic mass is 9.78. The van der Waals surface area contributed by atoms with Gasteiger partial charge in [-0.2, -0.15) is 0 Å². The number of hydrogen-bond donors (Lipinski definition) is 0. The second-order valence-corrected chi connectivity index (χ2v) is 11.9. The summed E-state index contributed by atoms with van der Waals surface area (Å²) in [5.74, 6) is 3.84. The van der Waals surface area contributed by atoms with Crippen molar-refractivity contribution >= 4 is 5.97 Å². The van der Waals surface area contributed by atoms with Gasteiger partial charge < -0.3 is 4.74 Å². The molecule has 3 saturated carbocycles. The highest BCUT2D eigenvalue weighted by atomic mass is 16.5. The van der Waals surface area contributed by atoms with Crippen LogP contribution in [0.3, 0.4) is 0 Å². The molecule has 0 amide bonds. The molecule has 0 unspecified atom stereocenters. The Hall–Kier alpha value is -0.790. The van der Waals surface area contributed by atoms with E-state index in [4.69, 9.17) is 4.74 Å². The Morgan fingerprint density at radius 2 is 1.30 bits per heavy atom. The van der Waals surface area contributed by atoms with E-state index in [1.807, 2.05) is 0 Å². The van der Waals surface area contributed by atoms with E-state index in [1.165, 1.54) is 103 Å². The van der Waals surface area contributed by atoms with Crippen LogP contribution in [-0.2, 0) is 9.53 Å². The van der Waals surface area contributed by atoms with Gasteiger partial charge in [-0.15, -0.1) is 0 Å². The molecule has 0 aromatic carbocycles. The molecule has 2 nitrogen and oxygen atoms in total. The zero-order valence-electron chi connectivity index (χ0n) is 22.1. The Kier molecular flexibility index (Phi) is 12.4. The van der Waals surface area contributed by atoms with Crippen LogP contribution in [0.2, 0.25) is 0 Å². The van der Waals surface area contributed by atoms with E-state index in [9.17, 15) is 4.79 Å². The number of hydrogen-bond acceptors (Lipinski definition) is 2. The van der Waals surface area contributed by atoms with Crippen LogP contribution in [0.4, 0.5) is 0 Å². The van der Waals surface area contributed by atoms with E-state index in [-0.39, 0.29) is 18.0 Å². The number of carbonyl (C=O) groups excluding carboxylic acids is 1. The highest BCUT2D eigenvalue weighted by molar-refractivity contribution is 5.72. The molecular weight excluding hydrogens is 404 g/mol. The minimum atomic E-state index is 0.116. The third-order valence-electron chi connectivity index (χ3n) is 9.21. The van der Waals surface area contributed by atoms with Crippen LogP contribution in [0, 0.1) is 29.6 Å². The summed E-state index contributed by atoms with van der Waals surface area (Å²) in [6, 6.07) is 0. The predicted molar refractivity (Wildman–Crippen MR) is 140 cm³/mol. The third-order valence-corrected chi connectivity index (χ3v) is 9.21. The van der Waals surface area contributed by atoms with Gasteiger partial charge in [0.05, 0.1) is 5.92 Å². The first-order chi connectivity index (χ1) is 16.2. The molecule has 0 atom stereocenters. The zero-order chi connectivity index (χ0) is 23.3. The first kappa shape index (κ1) is 26.8. The van der Waals surface area contributed by atoms with Crippen molar-refractivity contribution in [2.24, 2.45) is 29.6 Å². The number of esters is 1. The maximum absolute atomic E-state index is 12.7. The fraction of sp³-hybridized carbons (Fsp3) is 0.903. The van der Waals surface area contributed by atoms with Crippen molar-refractivity contribution in [1.29, 1.82) is 0 Å². The average molecular weight is 459 g/mol. The second-order valence-electron chi connectivity index (χ2n) is 11.9. The van der Waals surface area contributed by atoms with Gasteiger partial charge >= 0.3 is 5.97 Å². The van der Waals surface area contributed by atoms with Crippen molar-refractivity contribution in [1.82, 2.24) is 0 Å². The van der Waals surface area contributed by atoms with Gasteiger partial charge in [0, 0.05) is 0 Å². The summed E-state index contributed by atoms with van der Waals surface area (Å²) < 4.78 is 5.97. The van der Waals surface area contributed by atoms with Crippen molar-refractivity contribution in [2.45, 2.75) is 148 Å². The average Bonchev–Trinajstić information content (AvgIpc) is 2.84. The molecule has 0 spiro atoms. The molecule has 2 heteroatoms. The van der Waals surface area contributed by atoms with Crippen LogP contribution >= 0.6 is 0 Å². The Morgan fingerprint density at radius 3 is 1.94 bits per heavy atom. The molecule has 3 aliphatic rings. The van der Waals surface area contributed by atoms with Crippen molar-refractivity contribution in [2.75, 3.05) is 0 Å². The van der Waals surface area contributed by atoms with Gasteiger partial charge in [0.15, 0.2) is 0 Å². The smallest absolute Gasteiger partial charge is 0.309 e. The van der Waals surface area contributed by atoms with Crippen molar-refractivity contribution in [3.05, 3.63) is 12.2 Å². The monoisotopic (exact) mass is 458 g/mol. The van der Waals surface area contributed by atoms with E-state index < -0.39 is 0 Å². The fourth-order valence-corrected chi connectivity index (χ4v) is 6.87. The van der Waals surface area contributed by atoms with Crippen LogP contribution in [0.5, 0.6) is 0 Å². The Balaban J connectivity index is 1.24. The van der Waals surface area contributed by atoms with Crippen LogP contribution in [0.15, 0.2) is 12.2 Å². The lowest BCUT2D eigenvalue weighted by Crippen LogP contribution is -2.30. The van der Waals surface area contributed by atoms with E-state index >= 15 is 0 Å². The molecule has 0 radical (unpaired) electrons. The molecule has 0 bridgehead atoms. The number of ether oxygens (including phenoxy) is 1. The molecule has 3 aliphatic carbocycles. The summed E-state index contributed by atoms with van der Waals surface area (Å²) in [5, 5.41) is 0. The molecular formula is C31H54O2. The van der Waals surface area contributed by atoms with Gasteiger partial charge in [-0.25, -0.2) is 0 Å². The topological polar surface area (TPSA) is 26.3 Å². The molecule has 190 valence electrons. The van der Waals surface area contributed by atoms with Gasteiger partial charge in [-0.1, -0.05) is 90.2 Å². The van der Waals surface area contributed by atoms with Crippen LogP contribution < -0.4 is 0 Å². The lowest BCUT2D eigenvalue weighted by molar-refractivity contribution is -0.157. The first-order valence-electron chi connectivity index (χ1n) is 15.0. The largest absolute Gasteiger partial charge is 0.462 e. The van der Waals surface area contributed by atoms with Crippen LogP contribution in [0.1, 0.15) is 142 Å². The van der Waals surface area contributed by atoms with Crippen molar-refractivity contribution in [3.8, 4) is 0 Å². The standard InChI is InChI=1S/C31H54O2/c1-3-5-6-10-28-19-23-30(24-20-28)33-31(32)29-21-17-27(18-22-29)12-8-7-11-26-15-13-25(9-4-2)14-16-26/h8,12,25-30H,3-7,9-11,13-24H2,1-2H3/b12-8+. The predicted octanol–water partition coefficient (Wildman–Crippen LogP) is 9.42. The summed E-state index contributed by atoms with van der Waals surface area (Å²) in [6.07, 6.45) is 31.0. The Bertz CT molecular complexity index is 543. The molecule has 3 rings (SSSR count). The van der Waals surface area contributed by atoms with E-state index in [1.54, 1.807) is 0 Å². The molecule has 0 aromatic heterocycles. The molecule has 3 fully saturated rings.